The third-order valence-electron chi connectivity index (χ3n) is 2.87. The number of aromatic nitrogens is 1. The number of fused-ring (bicyclic) bond motifs is 1. The molecule has 2 rings (SSSR count). The van der Waals surface area contributed by atoms with Gasteiger partial charge in [0.25, 0.3) is 5.91 Å². The molecule has 0 radical (unpaired) electrons. The third-order valence-corrected chi connectivity index (χ3v) is 2.87. The summed E-state index contributed by atoms with van der Waals surface area (Å²) in [6.07, 6.45) is 4.24. The van der Waals surface area contributed by atoms with Crippen molar-refractivity contribution in [3.8, 4) is 0 Å². The number of esters is 1. The van der Waals surface area contributed by atoms with E-state index in [4.69, 9.17) is 0 Å². The van der Waals surface area contributed by atoms with Crippen LogP contribution in [0.2, 0.25) is 0 Å². The minimum Gasteiger partial charge on any atom is -0.466 e. The van der Waals surface area contributed by atoms with Crippen LogP contribution in [0.25, 0.3) is 10.8 Å². The van der Waals surface area contributed by atoms with Crippen molar-refractivity contribution in [2.45, 2.75) is 0 Å². The van der Waals surface area contributed by atoms with Gasteiger partial charge >= 0.3 is 5.97 Å². The fourth-order valence-corrected chi connectivity index (χ4v) is 1.86. The number of carbonyl (C=O) groups excluding carboxylic acids is 2. The molecule has 0 aliphatic rings. The van der Waals surface area contributed by atoms with Crippen molar-refractivity contribution in [3.05, 3.63) is 58.5 Å². The molecule has 1 aromatic heterocycles. The van der Waals surface area contributed by atoms with Crippen LogP contribution in [0.15, 0.2) is 47.4 Å². The number of methoxy groups -OCH3 is 1. The van der Waals surface area contributed by atoms with E-state index < -0.39 is 5.97 Å². The highest BCUT2D eigenvalue weighted by atomic mass is 16.5. The number of benzene rings is 1. The number of carbonyl (C=O) groups is 2. The standard InChI is InChI=1S/C15H14N2O4/c1-21-14(19)6-3-7-16-15(20)11-5-2-4-10-8-13(18)17-9-12(10)11/h2-6,8-9H,7H2,1H3,(H,16,20)(H,17,18)/b6-3+. The second-order valence-electron chi connectivity index (χ2n) is 4.24. The van der Waals surface area contributed by atoms with Crippen molar-refractivity contribution in [2.75, 3.05) is 13.7 Å². The Kier molecular flexibility index (Phi) is 4.50. The lowest BCUT2D eigenvalue weighted by Crippen LogP contribution is -2.24. The summed E-state index contributed by atoms with van der Waals surface area (Å²) >= 11 is 0. The van der Waals surface area contributed by atoms with Crippen molar-refractivity contribution in [3.63, 3.8) is 0 Å². The summed E-state index contributed by atoms with van der Waals surface area (Å²) in [4.78, 5) is 36.8. The number of pyridine rings is 1. The SMILES string of the molecule is COC(=O)/C=C/CNC(=O)c1cccc2cc(=O)[nH]cc12. The summed E-state index contributed by atoms with van der Waals surface area (Å²) in [5, 5.41) is 4.01. The van der Waals surface area contributed by atoms with Crippen LogP contribution in [0.5, 0.6) is 0 Å². The Labute approximate surface area is 120 Å². The van der Waals surface area contributed by atoms with E-state index in [1.54, 1.807) is 18.2 Å². The van der Waals surface area contributed by atoms with Crippen LogP contribution in [-0.4, -0.2) is 30.5 Å². The molecule has 0 spiro atoms. The fourth-order valence-electron chi connectivity index (χ4n) is 1.86. The number of ether oxygens (including phenoxy) is 1. The molecular formula is C15H14N2O4. The third kappa shape index (κ3) is 3.56. The Balaban J connectivity index is 2.15. The fraction of sp³-hybridized carbons (Fsp3) is 0.133. The topological polar surface area (TPSA) is 88.3 Å². The summed E-state index contributed by atoms with van der Waals surface area (Å²) < 4.78 is 4.44. The molecule has 1 heterocycles. The largest absolute Gasteiger partial charge is 0.466 e. The molecule has 108 valence electrons. The first kappa shape index (κ1) is 14.5. The molecule has 0 bridgehead atoms. The lowest BCUT2D eigenvalue weighted by molar-refractivity contribution is -0.134. The maximum Gasteiger partial charge on any atom is 0.330 e. The lowest BCUT2D eigenvalue weighted by Gasteiger charge is -2.06. The first-order valence-corrected chi connectivity index (χ1v) is 6.26. The zero-order valence-corrected chi connectivity index (χ0v) is 11.4. The number of hydrogen-bond acceptors (Lipinski definition) is 4. The average Bonchev–Trinajstić information content (AvgIpc) is 2.50. The van der Waals surface area contributed by atoms with E-state index in [-0.39, 0.29) is 18.0 Å². The van der Waals surface area contributed by atoms with Gasteiger partial charge in [0.2, 0.25) is 5.56 Å². The van der Waals surface area contributed by atoms with Crippen LogP contribution in [-0.2, 0) is 9.53 Å². The highest BCUT2D eigenvalue weighted by Crippen LogP contribution is 2.15. The Morgan fingerprint density at radius 3 is 2.95 bits per heavy atom. The summed E-state index contributed by atoms with van der Waals surface area (Å²) in [6.45, 7) is 0.202. The molecule has 6 nitrogen and oxygen atoms in total. The van der Waals surface area contributed by atoms with Gasteiger partial charge in [0, 0.05) is 35.8 Å². The van der Waals surface area contributed by atoms with E-state index in [0.717, 1.165) is 0 Å². The van der Waals surface area contributed by atoms with Crippen LogP contribution >= 0.6 is 0 Å². The molecular weight excluding hydrogens is 272 g/mol. The maximum absolute atomic E-state index is 12.1. The number of nitrogens with one attached hydrogen (secondary N) is 2. The Morgan fingerprint density at radius 2 is 2.19 bits per heavy atom. The first-order valence-electron chi connectivity index (χ1n) is 6.26. The maximum atomic E-state index is 12.1. The molecule has 0 unspecified atom stereocenters. The number of aromatic amines is 1. The van der Waals surface area contributed by atoms with Gasteiger partial charge in [0.15, 0.2) is 0 Å². The quantitative estimate of drug-likeness (QED) is 0.648. The zero-order chi connectivity index (χ0) is 15.2. The summed E-state index contributed by atoms with van der Waals surface area (Å²) in [5.41, 5.74) is 0.233. The molecule has 1 aromatic carbocycles. The van der Waals surface area contributed by atoms with Crippen molar-refractivity contribution in [2.24, 2.45) is 0 Å². The van der Waals surface area contributed by atoms with Crippen LogP contribution in [0.3, 0.4) is 0 Å². The normalized spacial score (nSPS) is 10.7. The second kappa shape index (κ2) is 6.51. The molecule has 21 heavy (non-hydrogen) atoms. The highest BCUT2D eigenvalue weighted by Gasteiger charge is 2.09. The van der Waals surface area contributed by atoms with Crippen LogP contribution in [0.1, 0.15) is 10.4 Å². The van der Waals surface area contributed by atoms with Gasteiger partial charge in [-0.3, -0.25) is 9.59 Å². The molecule has 0 saturated heterocycles. The molecule has 0 saturated carbocycles. The number of rotatable bonds is 4. The van der Waals surface area contributed by atoms with Crippen LogP contribution in [0, 0.1) is 0 Å². The Morgan fingerprint density at radius 1 is 1.38 bits per heavy atom. The monoisotopic (exact) mass is 286 g/mol. The van der Waals surface area contributed by atoms with Crippen molar-refractivity contribution >= 4 is 22.6 Å². The first-order chi connectivity index (χ1) is 10.1. The van der Waals surface area contributed by atoms with E-state index in [0.29, 0.717) is 16.3 Å². The Bertz CT molecular complexity index is 762. The minimum atomic E-state index is -0.480. The summed E-state index contributed by atoms with van der Waals surface area (Å²) in [5.74, 6) is -0.769. The van der Waals surface area contributed by atoms with E-state index in [9.17, 15) is 14.4 Å². The summed E-state index contributed by atoms with van der Waals surface area (Å²) in [6, 6.07) is 6.57. The number of amides is 1. The smallest absolute Gasteiger partial charge is 0.330 e. The van der Waals surface area contributed by atoms with E-state index in [1.165, 1.54) is 31.5 Å². The minimum absolute atomic E-state index is 0.202. The zero-order valence-electron chi connectivity index (χ0n) is 11.4. The van der Waals surface area contributed by atoms with E-state index in [1.807, 2.05) is 0 Å². The van der Waals surface area contributed by atoms with Crippen LogP contribution < -0.4 is 10.9 Å². The average molecular weight is 286 g/mol. The number of hydrogen-bond donors (Lipinski definition) is 2. The Hall–Kier alpha value is -2.89. The van der Waals surface area contributed by atoms with Gasteiger partial charge < -0.3 is 15.0 Å². The van der Waals surface area contributed by atoms with Crippen molar-refractivity contribution in [1.29, 1.82) is 0 Å². The molecule has 0 atom stereocenters. The van der Waals surface area contributed by atoms with E-state index in [2.05, 4.69) is 15.0 Å². The van der Waals surface area contributed by atoms with Gasteiger partial charge in [-0.2, -0.15) is 0 Å². The molecule has 1 amide bonds. The predicted molar refractivity (Wildman–Crippen MR) is 78.1 cm³/mol. The predicted octanol–water partition coefficient (Wildman–Crippen LogP) is 0.987. The molecule has 0 aliphatic carbocycles. The number of H-pyrrole nitrogens is 1. The van der Waals surface area contributed by atoms with Crippen molar-refractivity contribution in [1.82, 2.24) is 10.3 Å². The van der Waals surface area contributed by atoms with Gasteiger partial charge in [-0.25, -0.2) is 4.79 Å². The molecule has 2 aromatic rings. The molecule has 0 fully saturated rings. The van der Waals surface area contributed by atoms with Gasteiger partial charge in [0.1, 0.15) is 0 Å². The summed E-state index contributed by atoms with van der Waals surface area (Å²) in [7, 11) is 1.28. The molecule has 6 heteroatoms. The molecule has 2 N–H and O–H groups in total. The lowest BCUT2D eigenvalue weighted by atomic mass is 10.1. The van der Waals surface area contributed by atoms with Crippen molar-refractivity contribution < 1.29 is 14.3 Å². The van der Waals surface area contributed by atoms with Gasteiger partial charge in [0.05, 0.1) is 7.11 Å². The van der Waals surface area contributed by atoms with Gasteiger partial charge in [-0.15, -0.1) is 0 Å². The highest BCUT2D eigenvalue weighted by molar-refractivity contribution is 6.06. The van der Waals surface area contributed by atoms with Gasteiger partial charge in [-0.1, -0.05) is 18.2 Å². The molecule has 0 aliphatic heterocycles. The van der Waals surface area contributed by atoms with Crippen LogP contribution in [0.4, 0.5) is 0 Å². The van der Waals surface area contributed by atoms with Gasteiger partial charge in [-0.05, 0) is 11.5 Å². The second-order valence-corrected chi connectivity index (χ2v) is 4.24. The van der Waals surface area contributed by atoms with E-state index >= 15 is 0 Å².